The molecule has 2 N–H and O–H groups in total. The Morgan fingerprint density at radius 3 is 2.36 bits per heavy atom. The van der Waals surface area contributed by atoms with E-state index < -0.39 is 15.6 Å². The van der Waals surface area contributed by atoms with Crippen LogP contribution in [0.4, 0.5) is 4.79 Å². The molecule has 1 fully saturated rings. The zero-order valence-corrected chi connectivity index (χ0v) is 14.8. The van der Waals surface area contributed by atoms with Crippen LogP contribution >= 0.6 is 0 Å². The van der Waals surface area contributed by atoms with Gasteiger partial charge in [-0.15, -0.1) is 0 Å². The Hall–Kier alpha value is -0.860. The van der Waals surface area contributed by atoms with Crippen LogP contribution in [0.1, 0.15) is 33.1 Å². The summed E-state index contributed by atoms with van der Waals surface area (Å²) in [4.78, 5) is 12.1. The smallest absolute Gasteiger partial charge is 0.315 e. The third-order valence-corrected chi connectivity index (χ3v) is 5.29. The van der Waals surface area contributed by atoms with Gasteiger partial charge in [-0.2, -0.15) is 0 Å². The van der Waals surface area contributed by atoms with E-state index in [-0.39, 0.29) is 6.03 Å². The molecule has 22 heavy (non-hydrogen) atoms. The van der Waals surface area contributed by atoms with Crippen molar-refractivity contribution in [2.24, 2.45) is 5.92 Å². The molecule has 0 saturated carbocycles. The first-order valence-electron chi connectivity index (χ1n) is 7.68. The average Bonchev–Trinajstić information content (AvgIpc) is 2.42. The van der Waals surface area contributed by atoms with Crippen LogP contribution in [0, 0.1) is 5.92 Å². The van der Waals surface area contributed by atoms with Gasteiger partial charge in [-0.1, -0.05) is 13.8 Å². The predicted molar refractivity (Wildman–Crippen MR) is 86.2 cm³/mol. The largest absolute Gasteiger partial charge is 0.385 e. The molecule has 1 rings (SSSR count). The second-order valence-corrected chi connectivity index (χ2v) is 8.40. The van der Waals surface area contributed by atoms with Crippen molar-refractivity contribution in [3.63, 3.8) is 0 Å². The van der Waals surface area contributed by atoms with Crippen LogP contribution < -0.4 is 10.6 Å². The van der Waals surface area contributed by atoms with Gasteiger partial charge in [0.1, 0.15) is 0 Å². The SMILES string of the molecule is COCCC1(NC(=O)NCC(C)C)CCN(S(C)(=O)=O)CC1. The van der Waals surface area contributed by atoms with Crippen LogP contribution in [0.25, 0.3) is 0 Å². The molecule has 0 bridgehead atoms. The first kappa shape index (κ1) is 19.2. The van der Waals surface area contributed by atoms with Gasteiger partial charge in [-0.3, -0.25) is 0 Å². The van der Waals surface area contributed by atoms with E-state index in [1.54, 1.807) is 7.11 Å². The second-order valence-electron chi connectivity index (χ2n) is 6.41. The van der Waals surface area contributed by atoms with Crippen molar-refractivity contribution < 1.29 is 17.9 Å². The first-order chi connectivity index (χ1) is 10.2. The molecule has 1 aliphatic rings. The topological polar surface area (TPSA) is 87.7 Å². The molecule has 8 heteroatoms. The molecule has 0 aromatic carbocycles. The van der Waals surface area contributed by atoms with E-state index in [2.05, 4.69) is 10.6 Å². The number of hydrogen-bond acceptors (Lipinski definition) is 4. The van der Waals surface area contributed by atoms with Gasteiger partial charge in [0.05, 0.1) is 6.26 Å². The van der Waals surface area contributed by atoms with Gasteiger partial charge in [0.15, 0.2) is 0 Å². The van der Waals surface area contributed by atoms with E-state index in [1.165, 1.54) is 10.6 Å². The van der Waals surface area contributed by atoms with Crippen LogP contribution in [0.5, 0.6) is 0 Å². The Bertz CT molecular complexity index is 457. The zero-order valence-electron chi connectivity index (χ0n) is 14.0. The Morgan fingerprint density at radius 2 is 1.91 bits per heavy atom. The molecule has 0 aromatic rings. The van der Waals surface area contributed by atoms with E-state index in [1.807, 2.05) is 13.8 Å². The normalized spacial score (nSPS) is 19.1. The van der Waals surface area contributed by atoms with Crippen LogP contribution in [-0.2, 0) is 14.8 Å². The van der Waals surface area contributed by atoms with Crippen molar-refractivity contribution in [1.29, 1.82) is 0 Å². The lowest BCUT2D eigenvalue weighted by molar-refractivity contribution is 0.122. The molecule has 0 aliphatic carbocycles. The van der Waals surface area contributed by atoms with Gasteiger partial charge in [0.2, 0.25) is 10.0 Å². The Balaban J connectivity index is 2.66. The predicted octanol–water partition coefficient (Wildman–Crippen LogP) is 0.772. The lowest BCUT2D eigenvalue weighted by atomic mass is 9.85. The van der Waals surface area contributed by atoms with Gasteiger partial charge in [0.25, 0.3) is 0 Å². The van der Waals surface area contributed by atoms with Gasteiger partial charge in [-0.25, -0.2) is 17.5 Å². The second kappa shape index (κ2) is 8.12. The van der Waals surface area contributed by atoms with Gasteiger partial charge < -0.3 is 15.4 Å². The van der Waals surface area contributed by atoms with E-state index in [4.69, 9.17) is 4.74 Å². The van der Waals surface area contributed by atoms with Crippen molar-refractivity contribution in [3.05, 3.63) is 0 Å². The van der Waals surface area contributed by atoms with E-state index >= 15 is 0 Å². The number of hydrogen-bond donors (Lipinski definition) is 2. The third-order valence-electron chi connectivity index (χ3n) is 3.98. The minimum atomic E-state index is -3.17. The van der Waals surface area contributed by atoms with E-state index in [9.17, 15) is 13.2 Å². The maximum absolute atomic E-state index is 12.1. The number of piperidine rings is 1. The molecule has 7 nitrogen and oxygen atoms in total. The fourth-order valence-corrected chi connectivity index (χ4v) is 3.41. The maximum Gasteiger partial charge on any atom is 0.315 e. The summed E-state index contributed by atoms with van der Waals surface area (Å²) in [5, 5.41) is 5.89. The summed E-state index contributed by atoms with van der Waals surface area (Å²) in [6.07, 6.45) is 3.09. The summed E-state index contributed by atoms with van der Waals surface area (Å²) >= 11 is 0. The lowest BCUT2D eigenvalue weighted by Crippen LogP contribution is -2.58. The fraction of sp³-hybridized carbons (Fsp3) is 0.929. The fourth-order valence-electron chi connectivity index (χ4n) is 2.56. The number of urea groups is 1. The highest BCUT2D eigenvalue weighted by atomic mass is 32.2. The number of nitrogens with one attached hydrogen (secondary N) is 2. The highest BCUT2D eigenvalue weighted by Gasteiger charge is 2.37. The molecular weight excluding hydrogens is 306 g/mol. The minimum Gasteiger partial charge on any atom is -0.385 e. The highest BCUT2D eigenvalue weighted by Crippen LogP contribution is 2.27. The quantitative estimate of drug-likeness (QED) is 0.719. The number of ether oxygens (including phenoxy) is 1. The van der Waals surface area contributed by atoms with Crippen LogP contribution in [0.3, 0.4) is 0 Å². The standard InChI is InChI=1S/C14H29N3O4S/c1-12(2)11-15-13(18)16-14(7-10-21-3)5-8-17(9-6-14)22(4,19)20/h12H,5-11H2,1-4H3,(H2,15,16,18). The molecule has 130 valence electrons. The van der Waals surface area contributed by atoms with Crippen molar-refractivity contribution in [2.75, 3.05) is 39.6 Å². The lowest BCUT2D eigenvalue weighted by Gasteiger charge is -2.41. The molecule has 0 atom stereocenters. The maximum atomic E-state index is 12.1. The molecule has 0 radical (unpaired) electrons. The van der Waals surface area contributed by atoms with Crippen molar-refractivity contribution in [3.8, 4) is 0 Å². The van der Waals surface area contributed by atoms with Crippen LogP contribution in [-0.4, -0.2) is 63.9 Å². The molecule has 0 aromatic heterocycles. The van der Waals surface area contributed by atoms with Gasteiger partial charge in [0, 0.05) is 38.9 Å². The number of sulfonamides is 1. The number of methoxy groups -OCH3 is 1. The minimum absolute atomic E-state index is 0.197. The number of carbonyl (C=O) groups excluding carboxylic acids is 1. The Morgan fingerprint density at radius 1 is 1.32 bits per heavy atom. The van der Waals surface area contributed by atoms with Crippen molar-refractivity contribution >= 4 is 16.1 Å². The molecule has 1 saturated heterocycles. The molecule has 2 amide bonds. The number of carbonyl (C=O) groups is 1. The Kier molecular flexibility index (Phi) is 7.08. The summed E-state index contributed by atoms with van der Waals surface area (Å²) in [5.41, 5.74) is -0.405. The molecule has 1 aliphatic heterocycles. The molecular formula is C14H29N3O4S. The van der Waals surface area contributed by atoms with Gasteiger partial charge >= 0.3 is 6.03 Å². The first-order valence-corrected chi connectivity index (χ1v) is 9.53. The number of nitrogens with zero attached hydrogens (tertiary/aromatic N) is 1. The van der Waals surface area contributed by atoms with E-state index in [0.29, 0.717) is 51.4 Å². The summed E-state index contributed by atoms with van der Waals surface area (Å²) in [6, 6.07) is -0.197. The van der Waals surface area contributed by atoms with Crippen molar-refractivity contribution in [1.82, 2.24) is 14.9 Å². The molecule has 0 unspecified atom stereocenters. The summed E-state index contributed by atoms with van der Waals surface area (Å²) in [5.74, 6) is 0.382. The number of amides is 2. The van der Waals surface area contributed by atoms with E-state index in [0.717, 1.165) is 0 Å². The summed E-state index contributed by atoms with van der Waals surface area (Å²) < 4.78 is 29.8. The van der Waals surface area contributed by atoms with Gasteiger partial charge in [-0.05, 0) is 25.2 Å². The summed E-state index contributed by atoms with van der Waals surface area (Å²) in [6.45, 7) is 6.06. The number of rotatable bonds is 7. The van der Waals surface area contributed by atoms with Crippen molar-refractivity contribution in [2.45, 2.75) is 38.6 Å². The Labute approximate surface area is 133 Å². The molecule has 0 spiro atoms. The molecule has 1 heterocycles. The monoisotopic (exact) mass is 335 g/mol. The third kappa shape index (κ3) is 6.10. The van der Waals surface area contributed by atoms with Crippen LogP contribution in [0.2, 0.25) is 0 Å². The average molecular weight is 335 g/mol. The highest BCUT2D eigenvalue weighted by molar-refractivity contribution is 7.88. The summed E-state index contributed by atoms with van der Waals surface area (Å²) in [7, 11) is -1.55. The van der Waals surface area contributed by atoms with Crippen LogP contribution in [0.15, 0.2) is 0 Å². The zero-order chi connectivity index (χ0) is 16.8.